The third kappa shape index (κ3) is 3.68. The second-order valence-electron chi connectivity index (χ2n) is 3.16. The molecule has 1 amide bonds. The molecule has 0 aliphatic carbocycles. The van der Waals surface area contributed by atoms with Gasteiger partial charge in [-0.2, -0.15) is 0 Å². The Morgan fingerprint density at radius 3 is 2.80 bits per heavy atom. The van der Waals surface area contributed by atoms with E-state index in [1.54, 1.807) is 24.3 Å². The van der Waals surface area contributed by atoms with Gasteiger partial charge in [-0.15, -0.1) is 6.58 Å². The summed E-state index contributed by atoms with van der Waals surface area (Å²) in [5.41, 5.74) is 0.531. The molecule has 1 unspecified atom stereocenters. The number of halogens is 2. The quantitative estimate of drug-likeness (QED) is 0.849. The number of benzene rings is 1. The summed E-state index contributed by atoms with van der Waals surface area (Å²) in [4.78, 5) is 11.7. The smallest absolute Gasteiger partial charge is 0.251 e. The van der Waals surface area contributed by atoms with Crippen molar-refractivity contribution in [3.63, 3.8) is 0 Å². The third-order valence-corrected chi connectivity index (χ3v) is 2.51. The Hall–Kier alpha value is -0.800. The molecule has 0 spiro atoms. The second kappa shape index (κ2) is 5.33. The summed E-state index contributed by atoms with van der Waals surface area (Å²) in [6.07, 6.45) is 1.66. The molecule has 4 heteroatoms. The zero-order valence-electron chi connectivity index (χ0n) is 8.26. The summed E-state index contributed by atoms with van der Waals surface area (Å²) in [6.45, 7) is 5.44. The second-order valence-corrected chi connectivity index (χ2v) is 4.51. The van der Waals surface area contributed by atoms with Gasteiger partial charge in [-0.25, -0.2) is 0 Å². The number of amides is 1. The molecule has 1 aromatic rings. The molecule has 0 radical (unpaired) electrons. The normalized spacial score (nSPS) is 11.9. The van der Waals surface area contributed by atoms with Crippen LogP contribution in [0.5, 0.6) is 0 Å². The first-order valence-corrected chi connectivity index (χ1v) is 5.59. The van der Waals surface area contributed by atoms with Crippen molar-refractivity contribution in [2.24, 2.45) is 0 Å². The van der Waals surface area contributed by atoms with Crippen molar-refractivity contribution in [3.8, 4) is 0 Å². The summed E-state index contributed by atoms with van der Waals surface area (Å²) in [5, 5.41) is 3.29. The van der Waals surface area contributed by atoms with E-state index in [-0.39, 0.29) is 11.9 Å². The van der Waals surface area contributed by atoms with E-state index in [9.17, 15) is 4.79 Å². The molecule has 0 aliphatic rings. The van der Waals surface area contributed by atoms with Crippen LogP contribution in [0.25, 0.3) is 0 Å². The number of carbonyl (C=O) groups excluding carboxylic acids is 1. The van der Waals surface area contributed by atoms with E-state index in [1.165, 1.54) is 0 Å². The Labute approximate surface area is 102 Å². The van der Waals surface area contributed by atoms with E-state index in [1.807, 2.05) is 6.92 Å². The van der Waals surface area contributed by atoms with Gasteiger partial charge in [-0.05, 0) is 25.1 Å². The average Bonchev–Trinajstić information content (AvgIpc) is 2.16. The van der Waals surface area contributed by atoms with Gasteiger partial charge in [-0.1, -0.05) is 33.6 Å². The van der Waals surface area contributed by atoms with E-state index >= 15 is 0 Å². The maximum atomic E-state index is 11.7. The fourth-order valence-corrected chi connectivity index (χ4v) is 1.89. The summed E-state index contributed by atoms with van der Waals surface area (Å²) >= 11 is 9.11. The molecule has 1 rings (SSSR count). The monoisotopic (exact) mass is 287 g/mol. The van der Waals surface area contributed by atoms with Crippen molar-refractivity contribution in [2.45, 2.75) is 13.0 Å². The average molecular weight is 289 g/mol. The minimum atomic E-state index is -0.161. The number of nitrogens with one attached hydrogen (secondary N) is 1. The van der Waals surface area contributed by atoms with Gasteiger partial charge in [0.25, 0.3) is 5.91 Å². The van der Waals surface area contributed by atoms with E-state index in [2.05, 4.69) is 27.8 Å². The first-order valence-electron chi connectivity index (χ1n) is 4.42. The Balaban J connectivity index is 2.86. The zero-order valence-corrected chi connectivity index (χ0v) is 10.6. The van der Waals surface area contributed by atoms with Crippen molar-refractivity contribution in [2.75, 3.05) is 0 Å². The molecule has 0 aromatic heterocycles. The Bertz CT molecular complexity index is 372. The first kappa shape index (κ1) is 12.3. The molecule has 0 saturated heterocycles. The SMILES string of the molecule is C=CC(C)NC(=O)c1cc(Cl)cc(Br)c1. The zero-order chi connectivity index (χ0) is 11.4. The number of hydrogen-bond acceptors (Lipinski definition) is 1. The van der Waals surface area contributed by atoms with Crippen molar-refractivity contribution in [3.05, 3.63) is 45.9 Å². The largest absolute Gasteiger partial charge is 0.346 e. The highest BCUT2D eigenvalue weighted by Crippen LogP contribution is 2.19. The van der Waals surface area contributed by atoms with Crippen LogP contribution in [0.15, 0.2) is 35.3 Å². The first-order chi connectivity index (χ1) is 7.02. The van der Waals surface area contributed by atoms with Gasteiger partial charge in [-0.3, -0.25) is 4.79 Å². The van der Waals surface area contributed by atoms with Crippen molar-refractivity contribution >= 4 is 33.4 Å². The summed E-state index contributed by atoms with van der Waals surface area (Å²) in [5.74, 6) is -0.161. The Morgan fingerprint density at radius 2 is 2.27 bits per heavy atom. The maximum Gasteiger partial charge on any atom is 0.251 e. The molecule has 0 bridgehead atoms. The van der Waals surface area contributed by atoms with Crippen molar-refractivity contribution in [1.82, 2.24) is 5.32 Å². The van der Waals surface area contributed by atoms with Crippen LogP contribution in [-0.4, -0.2) is 11.9 Å². The molecule has 80 valence electrons. The number of hydrogen-bond donors (Lipinski definition) is 1. The fraction of sp³-hybridized carbons (Fsp3) is 0.182. The molecule has 0 heterocycles. The molecule has 0 saturated carbocycles. The molecular weight excluding hydrogens is 277 g/mol. The van der Waals surface area contributed by atoms with Crippen LogP contribution in [0.2, 0.25) is 5.02 Å². The lowest BCUT2D eigenvalue weighted by molar-refractivity contribution is 0.0947. The highest BCUT2D eigenvalue weighted by atomic mass is 79.9. The predicted molar refractivity (Wildman–Crippen MR) is 66.3 cm³/mol. The van der Waals surface area contributed by atoms with Gasteiger partial charge < -0.3 is 5.32 Å². The molecule has 0 aliphatic heterocycles. The summed E-state index contributed by atoms with van der Waals surface area (Å²) in [6, 6.07) is 5.01. The van der Waals surface area contributed by atoms with Crippen molar-refractivity contribution in [1.29, 1.82) is 0 Å². The topological polar surface area (TPSA) is 29.1 Å². The van der Waals surface area contributed by atoms with Gasteiger partial charge in [0.15, 0.2) is 0 Å². The third-order valence-electron chi connectivity index (χ3n) is 1.84. The summed E-state index contributed by atoms with van der Waals surface area (Å²) < 4.78 is 0.784. The minimum absolute atomic E-state index is 0.0599. The maximum absolute atomic E-state index is 11.7. The van der Waals surface area contributed by atoms with E-state index in [0.717, 1.165) is 4.47 Å². The molecule has 15 heavy (non-hydrogen) atoms. The number of carbonyl (C=O) groups is 1. The lowest BCUT2D eigenvalue weighted by atomic mass is 10.2. The molecule has 1 aromatic carbocycles. The molecular formula is C11H11BrClNO. The van der Waals surface area contributed by atoms with Crippen molar-refractivity contribution < 1.29 is 4.79 Å². The van der Waals surface area contributed by atoms with Gasteiger partial charge >= 0.3 is 0 Å². The van der Waals surface area contributed by atoms with Gasteiger partial charge in [0.1, 0.15) is 0 Å². The molecule has 1 N–H and O–H groups in total. The van der Waals surface area contributed by atoms with Crippen LogP contribution >= 0.6 is 27.5 Å². The standard InChI is InChI=1S/C11H11BrClNO/c1-3-7(2)14-11(15)8-4-9(12)6-10(13)5-8/h3-7H,1H2,2H3,(H,14,15). The fourth-order valence-electron chi connectivity index (χ4n) is 1.03. The molecule has 1 atom stereocenters. The lowest BCUT2D eigenvalue weighted by Crippen LogP contribution is -2.30. The van der Waals surface area contributed by atoms with Gasteiger partial charge in [0.2, 0.25) is 0 Å². The highest BCUT2D eigenvalue weighted by Gasteiger charge is 2.08. The summed E-state index contributed by atoms with van der Waals surface area (Å²) in [7, 11) is 0. The van der Waals surface area contributed by atoms with Crippen LogP contribution in [0, 0.1) is 0 Å². The van der Waals surface area contributed by atoms with Crippen LogP contribution < -0.4 is 5.32 Å². The Morgan fingerprint density at radius 1 is 1.60 bits per heavy atom. The van der Waals surface area contributed by atoms with E-state index in [0.29, 0.717) is 10.6 Å². The van der Waals surface area contributed by atoms with Crippen LogP contribution in [0.1, 0.15) is 17.3 Å². The Kier molecular flexibility index (Phi) is 4.36. The molecule has 0 fully saturated rings. The van der Waals surface area contributed by atoms with Crippen LogP contribution in [0.4, 0.5) is 0 Å². The van der Waals surface area contributed by atoms with Gasteiger partial charge in [0, 0.05) is 21.1 Å². The van der Waals surface area contributed by atoms with E-state index < -0.39 is 0 Å². The predicted octanol–water partition coefficient (Wildman–Crippen LogP) is 3.41. The van der Waals surface area contributed by atoms with Gasteiger partial charge in [0.05, 0.1) is 0 Å². The molecule has 2 nitrogen and oxygen atoms in total. The lowest BCUT2D eigenvalue weighted by Gasteiger charge is -2.09. The van der Waals surface area contributed by atoms with Crippen LogP contribution in [0.3, 0.4) is 0 Å². The minimum Gasteiger partial charge on any atom is -0.346 e. The van der Waals surface area contributed by atoms with Crippen LogP contribution in [-0.2, 0) is 0 Å². The highest BCUT2D eigenvalue weighted by molar-refractivity contribution is 9.10. The van der Waals surface area contributed by atoms with E-state index in [4.69, 9.17) is 11.6 Å². The number of rotatable bonds is 3.